The second kappa shape index (κ2) is 5.77. The molecule has 3 aromatic rings. The smallest absolute Gasteiger partial charge is 0.343 e. The third kappa shape index (κ3) is 2.48. The number of aromatic amines is 1. The number of nitrogens with one attached hydrogen (secondary N) is 1. The quantitative estimate of drug-likeness (QED) is 0.775. The molecule has 128 valence electrons. The maximum atomic E-state index is 13.2. The minimum Gasteiger partial charge on any atom is -0.466 e. The van der Waals surface area contributed by atoms with E-state index in [2.05, 4.69) is 10.2 Å². The van der Waals surface area contributed by atoms with Gasteiger partial charge in [-0.25, -0.2) is 9.89 Å². The first-order valence-electron chi connectivity index (χ1n) is 8.14. The van der Waals surface area contributed by atoms with Crippen molar-refractivity contribution in [1.29, 1.82) is 0 Å². The zero-order chi connectivity index (χ0) is 17.6. The van der Waals surface area contributed by atoms with Crippen molar-refractivity contribution in [2.45, 2.75) is 26.4 Å². The van der Waals surface area contributed by atoms with Crippen molar-refractivity contribution in [1.82, 2.24) is 19.7 Å². The van der Waals surface area contributed by atoms with Crippen molar-refractivity contribution >= 4 is 5.91 Å². The van der Waals surface area contributed by atoms with E-state index in [4.69, 9.17) is 4.42 Å². The first-order chi connectivity index (χ1) is 12.1. The molecular formula is C18H18N4O3. The van der Waals surface area contributed by atoms with Gasteiger partial charge in [-0.1, -0.05) is 30.3 Å². The second-order valence-electron chi connectivity index (χ2n) is 6.18. The van der Waals surface area contributed by atoms with E-state index < -0.39 is 6.04 Å². The molecular weight excluding hydrogens is 320 g/mol. The molecule has 0 saturated carbocycles. The molecule has 1 aliphatic heterocycles. The van der Waals surface area contributed by atoms with E-state index in [1.807, 2.05) is 37.3 Å². The normalized spacial score (nSPS) is 16.7. The predicted molar refractivity (Wildman–Crippen MR) is 90.4 cm³/mol. The average Bonchev–Trinajstić information content (AvgIpc) is 3.16. The predicted octanol–water partition coefficient (Wildman–Crippen LogP) is 2.03. The van der Waals surface area contributed by atoms with Gasteiger partial charge in [-0.15, -0.1) is 0 Å². The van der Waals surface area contributed by atoms with Gasteiger partial charge in [-0.2, -0.15) is 5.10 Å². The number of aromatic nitrogens is 3. The van der Waals surface area contributed by atoms with E-state index in [0.29, 0.717) is 36.0 Å². The summed E-state index contributed by atoms with van der Waals surface area (Å²) in [7, 11) is 0. The van der Waals surface area contributed by atoms with Crippen LogP contribution in [0.5, 0.6) is 0 Å². The van der Waals surface area contributed by atoms with Crippen molar-refractivity contribution in [3.8, 4) is 0 Å². The molecule has 7 nitrogen and oxygen atoms in total. The molecule has 3 heterocycles. The van der Waals surface area contributed by atoms with Crippen LogP contribution in [0.25, 0.3) is 0 Å². The minimum absolute atomic E-state index is 0.120. The Balaban J connectivity index is 1.82. The number of nitrogens with zero attached hydrogens (tertiary/aromatic N) is 3. The highest BCUT2D eigenvalue weighted by Gasteiger charge is 2.36. The molecule has 0 radical (unpaired) electrons. The van der Waals surface area contributed by atoms with Gasteiger partial charge in [0.15, 0.2) is 5.82 Å². The van der Waals surface area contributed by atoms with Crippen LogP contribution in [0.15, 0.2) is 45.6 Å². The molecule has 25 heavy (non-hydrogen) atoms. The maximum absolute atomic E-state index is 13.2. The Bertz CT molecular complexity index is 983. The van der Waals surface area contributed by atoms with Crippen LogP contribution in [0, 0.1) is 13.8 Å². The van der Waals surface area contributed by atoms with Crippen molar-refractivity contribution in [3.05, 3.63) is 75.4 Å². The molecule has 7 heteroatoms. The molecule has 1 unspecified atom stereocenters. The summed E-state index contributed by atoms with van der Waals surface area (Å²) in [4.78, 5) is 26.9. The Morgan fingerprint density at radius 3 is 2.68 bits per heavy atom. The summed E-state index contributed by atoms with van der Waals surface area (Å²) < 4.78 is 7.11. The van der Waals surface area contributed by atoms with Crippen LogP contribution in [0.2, 0.25) is 0 Å². The van der Waals surface area contributed by atoms with Crippen LogP contribution in [-0.4, -0.2) is 32.1 Å². The number of amides is 1. The van der Waals surface area contributed by atoms with Crippen LogP contribution in [0.1, 0.15) is 39.3 Å². The van der Waals surface area contributed by atoms with E-state index in [1.165, 1.54) is 0 Å². The second-order valence-corrected chi connectivity index (χ2v) is 6.18. The fourth-order valence-electron chi connectivity index (χ4n) is 3.41. The number of carbonyl (C=O) groups excluding carboxylic acids is 1. The lowest BCUT2D eigenvalue weighted by Crippen LogP contribution is -2.44. The van der Waals surface area contributed by atoms with Crippen LogP contribution in [0.4, 0.5) is 0 Å². The number of furan rings is 1. The van der Waals surface area contributed by atoms with Gasteiger partial charge in [0.05, 0.1) is 5.56 Å². The van der Waals surface area contributed by atoms with Crippen molar-refractivity contribution in [3.63, 3.8) is 0 Å². The van der Waals surface area contributed by atoms with Gasteiger partial charge in [-0.3, -0.25) is 9.36 Å². The zero-order valence-corrected chi connectivity index (χ0v) is 14.0. The Morgan fingerprint density at radius 2 is 2.00 bits per heavy atom. The number of carbonyl (C=O) groups is 1. The Hall–Kier alpha value is -3.09. The van der Waals surface area contributed by atoms with Crippen molar-refractivity contribution in [2.75, 3.05) is 6.54 Å². The van der Waals surface area contributed by atoms with Gasteiger partial charge in [-0.05, 0) is 25.5 Å². The van der Waals surface area contributed by atoms with Crippen LogP contribution in [0.3, 0.4) is 0 Å². The summed E-state index contributed by atoms with van der Waals surface area (Å²) >= 11 is 0. The first kappa shape index (κ1) is 15.4. The van der Waals surface area contributed by atoms with Crippen LogP contribution in [-0.2, 0) is 6.54 Å². The number of hydrogen-bond donors (Lipinski definition) is 1. The molecule has 0 spiro atoms. The van der Waals surface area contributed by atoms with Gasteiger partial charge in [0.1, 0.15) is 17.6 Å². The van der Waals surface area contributed by atoms with Crippen molar-refractivity contribution in [2.24, 2.45) is 0 Å². The van der Waals surface area contributed by atoms with Gasteiger partial charge < -0.3 is 9.32 Å². The molecule has 0 saturated heterocycles. The average molecular weight is 338 g/mol. The minimum atomic E-state index is -0.420. The highest BCUT2D eigenvalue weighted by atomic mass is 16.3. The summed E-state index contributed by atoms with van der Waals surface area (Å²) in [6.45, 7) is 4.44. The fraction of sp³-hybridized carbons (Fsp3) is 0.278. The van der Waals surface area contributed by atoms with E-state index >= 15 is 0 Å². The first-order valence-corrected chi connectivity index (χ1v) is 8.14. The number of fused-ring (bicyclic) bond motifs is 1. The number of aryl methyl sites for hydroxylation is 2. The lowest BCUT2D eigenvalue weighted by molar-refractivity contribution is 0.0655. The van der Waals surface area contributed by atoms with E-state index in [-0.39, 0.29) is 11.6 Å². The molecule has 1 atom stereocenters. The highest BCUT2D eigenvalue weighted by molar-refractivity contribution is 5.95. The number of rotatable bonds is 2. The van der Waals surface area contributed by atoms with E-state index in [9.17, 15) is 9.59 Å². The third-order valence-electron chi connectivity index (χ3n) is 4.56. The van der Waals surface area contributed by atoms with Crippen molar-refractivity contribution < 1.29 is 9.21 Å². The maximum Gasteiger partial charge on any atom is 0.343 e. The third-order valence-corrected chi connectivity index (χ3v) is 4.56. The number of H-pyrrole nitrogens is 1. The molecule has 0 bridgehead atoms. The lowest BCUT2D eigenvalue weighted by Gasteiger charge is -2.35. The molecule has 0 aliphatic carbocycles. The molecule has 1 aliphatic rings. The highest BCUT2D eigenvalue weighted by Crippen LogP contribution is 2.31. The molecule has 4 rings (SSSR count). The van der Waals surface area contributed by atoms with Gasteiger partial charge >= 0.3 is 5.69 Å². The molecule has 1 N–H and O–H groups in total. The molecule has 2 aromatic heterocycles. The molecule has 1 aromatic carbocycles. The topological polar surface area (TPSA) is 84.1 Å². The van der Waals surface area contributed by atoms with Gasteiger partial charge in [0, 0.05) is 13.1 Å². The zero-order valence-electron chi connectivity index (χ0n) is 14.0. The van der Waals surface area contributed by atoms with E-state index in [0.717, 1.165) is 5.56 Å². The lowest BCUT2D eigenvalue weighted by atomic mass is 10.0. The summed E-state index contributed by atoms with van der Waals surface area (Å²) in [5.74, 6) is 1.73. The Morgan fingerprint density at radius 1 is 1.24 bits per heavy atom. The molecule has 1 amide bonds. The number of hydrogen-bond acceptors (Lipinski definition) is 4. The standard InChI is InChI=1S/C18H18N4O3/c1-11-10-14(12(2)25-11)17(23)21-8-9-22-16(19-20-18(22)24)15(21)13-6-4-3-5-7-13/h3-7,10,15H,8-9H2,1-2H3,(H,20,24). The van der Waals surface area contributed by atoms with Gasteiger partial charge in [0.25, 0.3) is 5.91 Å². The number of benzene rings is 1. The van der Waals surface area contributed by atoms with E-state index in [1.54, 1.807) is 22.5 Å². The summed E-state index contributed by atoms with van der Waals surface area (Å²) in [5, 5.41) is 6.67. The summed E-state index contributed by atoms with van der Waals surface area (Å²) in [6.07, 6.45) is 0. The summed E-state index contributed by atoms with van der Waals surface area (Å²) in [5.41, 5.74) is 1.21. The van der Waals surface area contributed by atoms with Crippen LogP contribution >= 0.6 is 0 Å². The molecule has 0 fully saturated rings. The van der Waals surface area contributed by atoms with Crippen LogP contribution < -0.4 is 5.69 Å². The summed E-state index contributed by atoms with van der Waals surface area (Å²) in [6, 6.07) is 11.0. The Kier molecular flexibility index (Phi) is 3.56. The largest absolute Gasteiger partial charge is 0.466 e. The Labute approximate surface area is 143 Å². The fourth-order valence-corrected chi connectivity index (χ4v) is 3.41. The van der Waals surface area contributed by atoms with Gasteiger partial charge in [0.2, 0.25) is 0 Å². The monoisotopic (exact) mass is 338 g/mol. The SMILES string of the molecule is Cc1cc(C(=O)N2CCn3c(n[nH]c3=O)C2c2ccccc2)c(C)o1.